The van der Waals surface area contributed by atoms with E-state index < -0.39 is 5.97 Å². The number of phenols is 2. The zero-order valence-corrected chi connectivity index (χ0v) is 14.0. The zero-order chi connectivity index (χ0) is 18.5. The third kappa shape index (κ3) is 4.04. The minimum Gasteiger partial charge on any atom is -0.504 e. The van der Waals surface area contributed by atoms with Crippen molar-refractivity contribution in [1.82, 2.24) is 4.98 Å². The van der Waals surface area contributed by atoms with Gasteiger partial charge in [-0.15, -0.1) is 0 Å². The summed E-state index contributed by atoms with van der Waals surface area (Å²) < 4.78 is 5.20. The lowest BCUT2D eigenvalue weighted by Crippen LogP contribution is -2.04. The van der Waals surface area contributed by atoms with Crippen LogP contribution in [-0.2, 0) is 22.6 Å². The largest absolute Gasteiger partial charge is 0.504 e. The van der Waals surface area contributed by atoms with E-state index in [1.54, 1.807) is 6.07 Å². The van der Waals surface area contributed by atoms with Crippen LogP contribution < -0.4 is 0 Å². The number of carbonyl (C=O) groups is 1. The van der Waals surface area contributed by atoms with Crippen LogP contribution in [0.4, 0.5) is 0 Å². The van der Waals surface area contributed by atoms with Gasteiger partial charge in [0.05, 0.1) is 13.2 Å². The summed E-state index contributed by atoms with van der Waals surface area (Å²) in [6.07, 6.45) is 5.19. The van der Waals surface area contributed by atoms with E-state index >= 15 is 0 Å². The Morgan fingerprint density at radius 3 is 2.73 bits per heavy atom. The molecule has 1 heterocycles. The van der Waals surface area contributed by atoms with Gasteiger partial charge < -0.3 is 25.0 Å². The van der Waals surface area contributed by atoms with E-state index in [0.717, 1.165) is 22.0 Å². The molecule has 0 radical (unpaired) electrons. The van der Waals surface area contributed by atoms with Crippen molar-refractivity contribution in [2.75, 3.05) is 6.61 Å². The number of H-pyrrole nitrogens is 1. The molecule has 0 atom stereocenters. The fourth-order valence-electron chi connectivity index (χ4n) is 2.65. The maximum atomic E-state index is 11.8. The Bertz CT molecular complexity index is 958. The lowest BCUT2D eigenvalue weighted by Gasteiger charge is -2.03. The van der Waals surface area contributed by atoms with E-state index in [4.69, 9.17) is 4.74 Å². The average Bonchev–Trinajstić information content (AvgIpc) is 3.05. The number of aliphatic hydroxyl groups excluding tert-OH is 1. The molecule has 26 heavy (non-hydrogen) atoms. The standard InChI is InChI=1S/C20H19NO5/c22-12-14-1-4-17-16(9-14)15(11-21-17)7-8-26-20(25)6-3-13-2-5-18(23)19(24)10-13/h1-6,9-11,21-24H,7-8,12H2. The van der Waals surface area contributed by atoms with Gasteiger partial charge >= 0.3 is 5.97 Å². The minimum atomic E-state index is -0.492. The lowest BCUT2D eigenvalue weighted by atomic mass is 10.1. The van der Waals surface area contributed by atoms with Crippen LogP contribution in [0.25, 0.3) is 17.0 Å². The van der Waals surface area contributed by atoms with Gasteiger partial charge in [-0.2, -0.15) is 0 Å². The number of hydrogen-bond acceptors (Lipinski definition) is 5. The third-order valence-corrected chi connectivity index (χ3v) is 4.04. The molecule has 1 aromatic heterocycles. The first-order valence-corrected chi connectivity index (χ1v) is 8.13. The number of phenolic OH excluding ortho intramolecular Hbond substituents is 2. The van der Waals surface area contributed by atoms with Gasteiger partial charge in [0.15, 0.2) is 11.5 Å². The SMILES string of the molecule is O=C(C=Cc1ccc(O)c(O)c1)OCCc1c[nH]c2ccc(CO)cc12. The first-order valence-electron chi connectivity index (χ1n) is 8.13. The number of hydrogen-bond donors (Lipinski definition) is 4. The molecule has 6 heteroatoms. The Kier molecular flexibility index (Phi) is 5.24. The predicted octanol–water partition coefficient (Wildman–Crippen LogP) is 2.87. The summed E-state index contributed by atoms with van der Waals surface area (Å²) in [5.41, 5.74) is 3.38. The molecule has 2 aromatic carbocycles. The molecule has 0 unspecified atom stereocenters. The van der Waals surface area contributed by atoms with Crippen LogP contribution in [0, 0.1) is 0 Å². The van der Waals surface area contributed by atoms with Gasteiger partial charge in [-0.25, -0.2) is 4.79 Å². The van der Waals surface area contributed by atoms with Gasteiger partial charge in [0.2, 0.25) is 0 Å². The Morgan fingerprint density at radius 1 is 1.12 bits per heavy atom. The van der Waals surface area contributed by atoms with E-state index in [1.807, 2.05) is 24.4 Å². The second-order valence-electron chi connectivity index (χ2n) is 5.85. The molecule has 6 nitrogen and oxygen atoms in total. The number of fused-ring (bicyclic) bond motifs is 1. The average molecular weight is 353 g/mol. The molecule has 3 rings (SSSR count). The van der Waals surface area contributed by atoms with Crippen LogP contribution >= 0.6 is 0 Å². The summed E-state index contributed by atoms with van der Waals surface area (Å²) in [6, 6.07) is 9.95. The number of nitrogens with one attached hydrogen (secondary N) is 1. The number of rotatable bonds is 6. The number of aromatic hydroxyl groups is 2. The summed E-state index contributed by atoms with van der Waals surface area (Å²) in [6.45, 7) is 0.202. The van der Waals surface area contributed by atoms with Crippen molar-refractivity contribution in [1.29, 1.82) is 0 Å². The highest BCUT2D eigenvalue weighted by Gasteiger charge is 2.06. The van der Waals surface area contributed by atoms with Crippen LogP contribution in [0.5, 0.6) is 11.5 Å². The van der Waals surface area contributed by atoms with Gasteiger partial charge in [0, 0.05) is 29.6 Å². The topological polar surface area (TPSA) is 103 Å². The van der Waals surface area contributed by atoms with Crippen LogP contribution in [0.2, 0.25) is 0 Å². The highest BCUT2D eigenvalue weighted by molar-refractivity contribution is 5.87. The van der Waals surface area contributed by atoms with Crippen LogP contribution in [0.3, 0.4) is 0 Å². The first-order chi connectivity index (χ1) is 12.6. The molecular weight excluding hydrogens is 334 g/mol. The Labute approximate surface area is 150 Å². The van der Waals surface area contributed by atoms with E-state index in [2.05, 4.69) is 4.98 Å². The van der Waals surface area contributed by atoms with Crippen molar-refractivity contribution in [3.05, 3.63) is 65.4 Å². The van der Waals surface area contributed by atoms with E-state index in [-0.39, 0.29) is 24.7 Å². The molecule has 3 aromatic rings. The van der Waals surface area contributed by atoms with Crippen LogP contribution in [-0.4, -0.2) is 32.9 Å². The molecule has 0 saturated heterocycles. The smallest absolute Gasteiger partial charge is 0.330 e. The van der Waals surface area contributed by atoms with E-state index in [0.29, 0.717) is 12.0 Å². The normalized spacial score (nSPS) is 11.3. The molecule has 0 amide bonds. The van der Waals surface area contributed by atoms with E-state index in [9.17, 15) is 20.1 Å². The van der Waals surface area contributed by atoms with Gasteiger partial charge in [0.1, 0.15) is 0 Å². The lowest BCUT2D eigenvalue weighted by molar-refractivity contribution is -0.137. The molecule has 0 saturated carbocycles. The molecule has 134 valence electrons. The number of aromatic nitrogens is 1. The van der Waals surface area contributed by atoms with Crippen molar-refractivity contribution < 1.29 is 24.9 Å². The number of esters is 1. The summed E-state index contributed by atoms with van der Waals surface area (Å²) in [7, 11) is 0. The number of carbonyl (C=O) groups excluding carboxylic acids is 1. The Hall–Kier alpha value is -3.25. The van der Waals surface area contributed by atoms with Crippen molar-refractivity contribution in [2.24, 2.45) is 0 Å². The molecule has 4 N–H and O–H groups in total. The predicted molar refractivity (Wildman–Crippen MR) is 97.7 cm³/mol. The Morgan fingerprint density at radius 2 is 1.96 bits per heavy atom. The molecule has 0 fully saturated rings. The highest BCUT2D eigenvalue weighted by atomic mass is 16.5. The fourth-order valence-corrected chi connectivity index (χ4v) is 2.65. The van der Waals surface area contributed by atoms with Gasteiger partial charge in [-0.05, 0) is 47.0 Å². The number of benzene rings is 2. The summed E-state index contributed by atoms with van der Waals surface area (Å²) in [4.78, 5) is 15.0. The van der Waals surface area contributed by atoms with Crippen LogP contribution in [0.1, 0.15) is 16.7 Å². The molecule has 0 aliphatic rings. The Balaban J connectivity index is 1.56. The molecule has 0 aliphatic carbocycles. The summed E-state index contributed by atoms with van der Waals surface area (Å²) in [5.74, 6) is -0.955. The molecule has 0 bridgehead atoms. The maximum Gasteiger partial charge on any atom is 0.330 e. The number of aromatic amines is 1. The fraction of sp³-hybridized carbons (Fsp3) is 0.150. The zero-order valence-electron chi connectivity index (χ0n) is 14.0. The quantitative estimate of drug-likeness (QED) is 0.310. The van der Waals surface area contributed by atoms with Crippen LogP contribution in [0.15, 0.2) is 48.7 Å². The van der Waals surface area contributed by atoms with Gasteiger partial charge in [-0.3, -0.25) is 0 Å². The minimum absolute atomic E-state index is 0.0207. The molecule has 0 spiro atoms. The molecular formula is C20H19NO5. The second-order valence-corrected chi connectivity index (χ2v) is 5.85. The highest BCUT2D eigenvalue weighted by Crippen LogP contribution is 2.25. The summed E-state index contributed by atoms with van der Waals surface area (Å²) >= 11 is 0. The number of aliphatic hydroxyl groups is 1. The van der Waals surface area contributed by atoms with E-state index in [1.165, 1.54) is 24.3 Å². The van der Waals surface area contributed by atoms with Crippen molar-refractivity contribution in [2.45, 2.75) is 13.0 Å². The number of ether oxygens (including phenoxy) is 1. The first kappa shape index (κ1) is 17.6. The van der Waals surface area contributed by atoms with Crippen molar-refractivity contribution in [3.8, 4) is 11.5 Å². The molecule has 0 aliphatic heterocycles. The van der Waals surface area contributed by atoms with Crippen molar-refractivity contribution >= 4 is 22.9 Å². The van der Waals surface area contributed by atoms with Gasteiger partial charge in [-0.1, -0.05) is 12.1 Å². The van der Waals surface area contributed by atoms with Crippen molar-refractivity contribution in [3.63, 3.8) is 0 Å². The third-order valence-electron chi connectivity index (χ3n) is 4.04. The summed E-state index contributed by atoms with van der Waals surface area (Å²) in [5, 5.41) is 28.9. The van der Waals surface area contributed by atoms with Gasteiger partial charge in [0.25, 0.3) is 0 Å². The second kappa shape index (κ2) is 7.76. The monoisotopic (exact) mass is 353 g/mol. The maximum absolute atomic E-state index is 11.8.